The number of nitrogens with one attached hydrogen (secondary N) is 2. The molecule has 0 bridgehead atoms. The third kappa shape index (κ3) is 4.79. The highest BCUT2D eigenvalue weighted by molar-refractivity contribution is 7.99. The molecule has 8 heteroatoms. The molecule has 0 saturated carbocycles. The number of thioether (sulfide) groups is 1. The molecule has 1 atom stereocenters. The average Bonchev–Trinajstić information content (AvgIpc) is 2.75. The van der Waals surface area contributed by atoms with Gasteiger partial charge in [0.15, 0.2) is 0 Å². The van der Waals surface area contributed by atoms with Crippen LogP contribution in [0.1, 0.15) is 26.7 Å². The second-order valence-electron chi connectivity index (χ2n) is 7.28. The van der Waals surface area contributed by atoms with Crippen molar-refractivity contribution >= 4 is 33.4 Å². The van der Waals surface area contributed by atoms with E-state index < -0.39 is 10.0 Å². The van der Waals surface area contributed by atoms with Crippen molar-refractivity contribution in [3.8, 4) is 0 Å². The fraction of sp³-hybridized carbons (Fsp3) is 0.611. The van der Waals surface area contributed by atoms with Crippen molar-refractivity contribution in [1.29, 1.82) is 0 Å². The number of sulfonamides is 1. The fourth-order valence-corrected chi connectivity index (χ4v) is 5.21. The van der Waals surface area contributed by atoms with Crippen LogP contribution in [-0.2, 0) is 14.8 Å². The van der Waals surface area contributed by atoms with Crippen LogP contribution in [0.25, 0.3) is 0 Å². The standard InChI is InChI=1S/C18H27N3O3S2/c1-13-5-8-21(9-6-13)10-7-19-26(23,24)15-3-4-17-16(11-15)20-18(22)14(2)12-25-17/h3-4,11,13-14,19H,5-10,12H2,1-2H3,(H,20,22)/t14-/m1/s1. The number of anilines is 1. The number of nitrogens with zero attached hydrogens (tertiary/aromatic N) is 1. The van der Waals surface area contributed by atoms with Crippen molar-refractivity contribution in [2.75, 3.05) is 37.2 Å². The first-order chi connectivity index (χ1) is 12.3. The number of fused-ring (bicyclic) bond motifs is 1. The van der Waals surface area contributed by atoms with Gasteiger partial charge in [0.05, 0.1) is 10.6 Å². The summed E-state index contributed by atoms with van der Waals surface area (Å²) >= 11 is 1.57. The molecule has 1 amide bonds. The Morgan fingerprint density at radius 3 is 2.73 bits per heavy atom. The van der Waals surface area contributed by atoms with Crippen LogP contribution in [0.15, 0.2) is 28.0 Å². The van der Waals surface area contributed by atoms with Crippen LogP contribution < -0.4 is 10.0 Å². The Morgan fingerprint density at radius 2 is 2.00 bits per heavy atom. The summed E-state index contributed by atoms with van der Waals surface area (Å²) in [5.41, 5.74) is 0.581. The first-order valence-electron chi connectivity index (χ1n) is 9.15. The summed E-state index contributed by atoms with van der Waals surface area (Å²) in [4.78, 5) is 15.4. The van der Waals surface area contributed by atoms with E-state index in [1.54, 1.807) is 30.0 Å². The van der Waals surface area contributed by atoms with Crippen molar-refractivity contribution in [3.05, 3.63) is 18.2 Å². The summed E-state index contributed by atoms with van der Waals surface area (Å²) in [6, 6.07) is 4.95. The molecule has 0 radical (unpaired) electrons. The molecule has 1 aromatic rings. The summed E-state index contributed by atoms with van der Waals surface area (Å²) in [6.45, 7) is 7.31. The molecule has 0 spiro atoms. The van der Waals surface area contributed by atoms with E-state index in [1.807, 2.05) is 6.92 Å². The SMILES string of the molecule is CC1CCN(CCNS(=O)(=O)c2ccc3c(c2)NC(=O)[C@H](C)CS3)CC1. The van der Waals surface area contributed by atoms with Gasteiger partial charge in [-0.05, 0) is 50.0 Å². The maximum atomic E-state index is 12.6. The zero-order chi connectivity index (χ0) is 18.7. The van der Waals surface area contributed by atoms with Gasteiger partial charge >= 0.3 is 0 Å². The van der Waals surface area contributed by atoms with E-state index in [0.29, 0.717) is 18.0 Å². The topological polar surface area (TPSA) is 78.5 Å². The molecule has 6 nitrogen and oxygen atoms in total. The summed E-state index contributed by atoms with van der Waals surface area (Å²) in [5, 5.41) is 2.84. The molecule has 2 aliphatic heterocycles. The molecule has 2 heterocycles. The van der Waals surface area contributed by atoms with Crippen LogP contribution in [0.3, 0.4) is 0 Å². The Labute approximate surface area is 160 Å². The zero-order valence-corrected chi connectivity index (χ0v) is 17.0. The maximum Gasteiger partial charge on any atom is 0.240 e. The van der Waals surface area contributed by atoms with Crippen LogP contribution in [0.5, 0.6) is 0 Å². The number of piperidine rings is 1. The lowest BCUT2D eigenvalue weighted by molar-refractivity contribution is -0.118. The molecule has 3 rings (SSSR count). The highest BCUT2D eigenvalue weighted by Gasteiger charge is 2.23. The molecular formula is C18H27N3O3S2. The van der Waals surface area contributed by atoms with Gasteiger partial charge in [-0.1, -0.05) is 13.8 Å². The number of benzene rings is 1. The highest BCUT2D eigenvalue weighted by Crippen LogP contribution is 2.34. The lowest BCUT2D eigenvalue weighted by atomic mass is 9.99. The fourth-order valence-electron chi connectivity index (χ4n) is 3.15. The summed E-state index contributed by atoms with van der Waals surface area (Å²) < 4.78 is 27.9. The molecule has 1 aromatic carbocycles. The lowest BCUT2D eigenvalue weighted by Gasteiger charge is -2.30. The van der Waals surface area contributed by atoms with Crippen molar-refractivity contribution in [3.63, 3.8) is 0 Å². The number of hydrogen-bond donors (Lipinski definition) is 2. The quantitative estimate of drug-likeness (QED) is 0.798. The maximum absolute atomic E-state index is 12.6. The van der Waals surface area contributed by atoms with E-state index >= 15 is 0 Å². The Bertz CT molecular complexity index is 759. The van der Waals surface area contributed by atoms with Crippen molar-refractivity contribution in [2.45, 2.75) is 36.5 Å². The number of carbonyl (C=O) groups excluding carboxylic acids is 1. The van der Waals surface area contributed by atoms with Crippen LogP contribution >= 0.6 is 11.8 Å². The van der Waals surface area contributed by atoms with E-state index in [2.05, 4.69) is 21.9 Å². The number of likely N-dealkylation sites (tertiary alicyclic amines) is 1. The van der Waals surface area contributed by atoms with Gasteiger partial charge in [-0.3, -0.25) is 4.79 Å². The van der Waals surface area contributed by atoms with E-state index in [4.69, 9.17) is 0 Å². The van der Waals surface area contributed by atoms with Gasteiger partial charge in [0.25, 0.3) is 0 Å². The molecule has 26 heavy (non-hydrogen) atoms. The number of carbonyl (C=O) groups is 1. The van der Waals surface area contributed by atoms with E-state index in [0.717, 1.165) is 30.4 Å². The van der Waals surface area contributed by atoms with Gasteiger partial charge in [0, 0.05) is 29.7 Å². The molecule has 1 fully saturated rings. The summed E-state index contributed by atoms with van der Waals surface area (Å²) in [7, 11) is -3.59. The molecule has 2 aliphatic rings. The van der Waals surface area contributed by atoms with E-state index in [-0.39, 0.29) is 16.7 Å². The summed E-state index contributed by atoms with van der Waals surface area (Å²) in [5.74, 6) is 1.28. The molecule has 0 aliphatic carbocycles. The normalized spacial score (nSPS) is 22.5. The lowest BCUT2D eigenvalue weighted by Crippen LogP contribution is -2.39. The Morgan fingerprint density at radius 1 is 1.27 bits per heavy atom. The first-order valence-corrected chi connectivity index (χ1v) is 11.6. The Hall–Kier alpha value is -1.09. The second-order valence-corrected chi connectivity index (χ2v) is 10.1. The monoisotopic (exact) mass is 397 g/mol. The minimum Gasteiger partial charge on any atom is -0.325 e. The van der Waals surface area contributed by atoms with Crippen molar-refractivity contribution in [2.24, 2.45) is 11.8 Å². The van der Waals surface area contributed by atoms with E-state index in [1.165, 1.54) is 12.8 Å². The van der Waals surface area contributed by atoms with Gasteiger partial charge in [-0.25, -0.2) is 13.1 Å². The van der Waals surface area contributed by atoms with Crippen LogP contribution in [-0.4, -0.2) is 51.2 Å². The van der Waals surface area contributed by atoms with Gasteiger partial charge in [0.1, 0.15) is 0 Å². The second kappa shape index (κ2) is 8.29. The molecular weight excluding hydrogens is 370 g/mol. The highest BCUT2D eigenvalue weighted by atomic mass is 32.2. The van der Waals surface area contributed by atoms with E-state index in [9.17, 15) is 13.2 Å². The minimum atomic E-state index is -3.59. The zero-order valence-electron chi connectivity index (χ0n) is 15.3. The average molecular weight is 398 g/mol. The Balaban J connectivity index is 1.62. The van der Waals surface area contributed by atoms with Crippen LogP contribution in [0, 0.1) is 11.8 Å². The van der Waals surface area contributed by atoms with Gasteiger partial charge < -0.3 is 10.2 Å². The largest absolute Gasteiger partial charge is 0.325 e. The third-order valence-corrected chi connectivity index (χ3v) is 7.84. The smallest absolute Gasteiger partial charge is 0.240 e. The van der Waals surface area contributed by atoms with Gasteiger partial charge in [-0.15, -0.1) is 11.8 Å². The molecule has 0 unspecified atom stereocenters. The van der Waals surface area contributed by atoms with Crippen molar-refractivity contribution in [1.82, 2.24) is 9.62 Å². The van der Waals surface area contributed by atoms with Gasteiger partial charge in [0.2, 0.25) is 15.9 Å². The predicted molar refractivity (Wildman–Crippen MR) is 105 cm³/mol. The third-order valence-electron chi connectivity index (χ3n) is 5.05. The molecule has 0 aromatic heterocycles. The Kier molecular flexibility index (Phi) is 6.27. The summed E-state index contributed by atoms with van der Waals surface area (Å²) in [6.07, 6.45) is 2.35. The first kappa shape index (κ1) is 19.7. The number of rotatable bonds is 5. The van der Waals surface area contributed by atoms with Crippen molar-refractivity contribution < 1.29 is 13.2 Å². The number of amides is 1. The predicted octanol–water partition coefficient (Wildman–Crippen LogP) is 2.38. The molecule has 144 valence electrons. The van der Waals surface area contributed by atoms with Crippen LogP contribution in [0.2, 0.25) is 0 Å². The van der Waals surface area contributed by atoms with Crippen LogP contribution in [0.4, 0.5) is 5.69 Å². The molecule has 1 saturated heterocycles. The number of hydrogen-bond acceptors (Lipinski definition) is 5. The molecule has 2 N–H and O–H groups in total. The van der Waals surface area contributed by atoms with Gasteiger partial charge in [-0.2, -0.15) is 0 Å². The minimum absolute atomic E-state index is 0.0712.